The number of hydrogen-bond donors (Lipinski definition) is 6. The Kier molecular flexibility index (Phi) is 11.3. The zero-order chi connectivity index (χ0) is 40.3. The number of carbonyl (C=O) groups is 2. The van der Waals surface area contributed by atoms with Gasteiger partial charge < -0.3 is 45.8 Å². The van der Waals surface area contributed by atoms with Crippen molar-refractivity contribution in [1.82, 2.24) is 40.0 Å². The maximum absolute atomic E-state index is 13.5. The molecule has 2 aliphatic carbocycles. The zero-order valence-corrected chi connectivity index (χ0v) is 33.1. The SMILES string of the molecule is O=C(N[C@H]1C[C@@H](n2cnc3c(NCC(c4ccccc4)c4ccccc4)nc(N[C@@H]4CCN(C(=O)NC5CCN(c6ccccn6)CC5)C4)nc32)[C@H](O)[C@@H]1O)C1CCC1. The van der Waals surface area contributed by atoms with Crippen LogP contribution in [0.25, 0.3) is 11.2 Å². The number of hydrogen-bond acceptors (Lipinski definition) is 11. The molecular weight excluding hydrogens is 747 g/mol. The van der Waals surface area contributed by atoms with E-state index in [1.807, 2.05) is 65.7 Å². The molecule has 0 unspecified atom stereocenters. The molecule has 2 aromatic carbocycles. The van der Waals surface area contributed by atoms with Crippen molar-refractivity contribution in [3.05, 3.63) is 103 Å². The number of rotatable bonds is 12. The number of nitrogens with one attached hydrogen (secondary N) is 4. The number of pyridine rings is 1. The van der Waals surface area contributed by atoms with Gasteiger partial charge in [0.05, 0.1) is 18.4 Å². The molecule has 0 spiro atoms. The maximum Gasteiger partial charge on any atom is 0.317 e. The Bertz CT molecular complexity index is 2160. The number of fused-ring (bicyclic) bond motifs is 1. The first kappa shape index (κ1) is 38.7. The van der Waals surface area contributed by atoms with Crippen LogP contribution in [0.15, 0.2) is 91.4 Å². The lowest BCUT2D eigenvalue weighted by atomic mass is 9.84. The third-order valence-corrected chi connectivity index (χ3v) is 12.7. The lowest BCUT2D eigenvalue weighted by molar-refractivity contribution is -0.129. The molecule has 3 amide bonds. The average Bonchev–Trinajstić information content (AvgIpc) is 3.96. The fourth-order valence-electron chi connectivity index (χ4n) is 9.05. The van der Waals surface area contributed by atoms with Crippen LogP contribution in [0.3, 0.4) is 0 Å². The molecule has 6 N–H and O–H groups in total. The van der Waals surface area contributed by atoms with Gasteiger partial charge in [-0.2, -0.15) is 9.97 Å². The van der Waals surface area contributed by atoms with Gasteiger partial charge in [-0.1, -0.05) is 73.2 Å². The molecule has 2 aliphatic heterocycles. The zero-order valence-electron chi connectivity index (χ0n) is 33.1. The van der Waals surface area contributed by atoms with E-state index in [1.54, 1.807) is 10.9 Å². The Morgan fingerprint density at radius 2 is 1.49 bits per heavy atom. The number of likely N-dealkylation sites (tertiary alicyclic amines) is 1. The van der Waals surface area contributed by atoms with Crippen LogP contribution in [-0.4, -0.2) is 115 Å². The highest BCUT2D eigenvalue weighted by atomic mass is 16.3. The molecule has 4 aliphatic rings. The minimum Gasteiger partial charge on any atom is -0.388 e. The van der Waals surface area contributed by atoms with E-state index in [4.69, 9.17) is 15.0 Å². The highest BCUT2D eigenvalue weighted by molar-refractivity contribution is 5.85. The average molecular weight is 800 g/mol. The van der Waals surface area contributed by atoms with Gasteiger partial charge in [0, 0.05) is 62.8 Å². The van der Waals surface area contributed by atoms with Crippen molar-refractivity contribution in [2.45, 2.75) is 87.2 Å². The van der Waals surface area contributed by atoms with Gasteiger partial charge in [0.2, 0.25) is 11.9 Å². The lowest BCUT2D eigenvalue weighted by Gasteiger charge is -2.33. The van der Waals surface area contributed by atoms with Crippen LogP contribution in [0.2, 0.25) is 0 Å². The third-order valence-electron chi connectivity index (χ3n) is 12.7. The van der Waals surface area contributed by atoms with Crippen molar-refractivity contribution in [2.24, 2.45) is 5.92 Å². The van der Waals surface area contributed by atoms with Gasteiger partial charge in [0.25, 0.3) is 0 Å². The summed E-state index contributed by atoms with van der Waals surface area (Å²) < 4.78 is 1.80. The molecule has 4 fully saturated rings. The molecule has 9 rings (SSSR count). The van der Waals surface area contributed by atoms with Crippen molar-refractivity contribution in [1.29, 1.82) is 0 Å². The highest BCUT2D eigenvalue weighted by Crippen LogP contribution is 2.36. The van der Waals surface area contributed by atoms with Crippen molar-refractivity contribution in [3.8, 4) is 0 Å². The second-order valence-electron chi connectivity index (χ2n) is 16.5. The number of anilines is 3. The molecule has 2 saturated carbocycles. The smallest absolute Gasteiger partial charge is 0.317 e. The van der Waals surface area contributed by atoms with E-state index in [1.165, 1.54) is 0 Å². The first-order chi connectivity index (χ1) is 28.9. The van der Waals surface area contributed by atoms with E-state index in [0.29, 0.717) is 49.0 Å². The molecule has 3 aromatic heterocycles. The van der Waals surface area contributed by atoms with Crippen LogP contribution in [0, 0.1) is 5.92 Å². The second-order valence-corrected chi connectivity index (χ2v) is 16.5. The minimum atomic E-state index is -1.15. The monoisotopic (exact) mass is 799 g/mol. The number of urea groups is 1. The van der Waals surface area contributed by atoms with Gasteiger partial charge in [0.1, 0.15) is 18.0 Å². The highest BCUT2D eigenvalue weighted by Gasteiger charge is 2.45. The molecule has 2 saturated heterocycles. The third kappa shape index (κ3) is 8.39. The largest absolute Gasteiger partial charge is 0.388 e. The Labute approximate surface area is 343 Å². The first-order valence-electron chi connectivity index (χ1n) is 21.1. The van der Waals surface area contributed by atoms with Crippen LogP contribution in [0.5, 0.6) is 0 Å². The summed E-state index contributed by atoms with van der Waals surface area (Å²) in [7, 11) is 0. The number of imidazole rings is 1. The molecule has 5 aromatic rings. The van der Waals surface area contributed by atoms with Gasteiger partial charge in [-0.25, -0.2) is 14.8 Å². The molecule has 308 valence electrons. The predicted molar refractivity (Wildman–Crippen MR) is 225 cm³/mol. The number of nitrogens with zero attached hydrogens (tertiary/aromatic N) is 7. The van der Waals surface area contributed by atoms with Gasteiger partial charge in [-0.05, 0) is 61.8 Å². The van der Waals surface area contributed by atoms with E-state index < -0.39 is 24.3 Å². The lowest BCUT2D eigenvalue weighted by Crippen LogP contribution is -2.49. The fourth-order valence-corrected chi connectivity index (χ4v) is 9.05. The number of benzene rings is 2. The van der Waals surface area contributed by atoms with Gasteiger partial charge in [-0.3, -0.25) is 4.79 Å². The number of aromatic nitrogens is 5. The number of carbonyl (C=O) groups excluding carboxylic acids is 2. The molecule has 5 atom stereocenters. The Morgan fingerprint density at radius 3 is 2.17 bits per heavy atom. The van der Waals surface area contributed by atoms with Crippen LogP contribution in [0.4, 0.5) is 22.4 Å². The summed E-state index contributed by atoms with van der Waals surface area (Å²) in [5.74, 6) is 1.77. The predicted octanol–water partition coefficient (Wildman–Crippen LogP) is 4.28. The summed E-state index contributed by atoms with van der Waals surface area (Å²) in [6.45, 7) is 3.27. The van der Waals surface area contributed by atoms with Gasteiger partial charge in [0.15, 0.2) is 17.0 Å². The summed E-state index contributed by atoms with van der Waals surface area (Å²) in [5, 5.41) is 35.9. The Balaban J connectivity index is 0.930. The van der Waals surface area contributed by atoms with E-state index in [2.05, 4.69) is 55.4 Å². The Hall–Kier alpha value is -5.80. The maximum atomic E-state index is 13.5. The first-order valence-corrected chi connectivity index (χ1v) is 21.1. The fraction of sp³-hybridized carbons (Fsp3) is 0.455. The van der Waals surface area contributed by atoms with Gasteiger partial charge in [-0.15, -0.1) is 0 Å². The van der Waals surface area contributed by atoms with Crippen molar-refractivity contribution in [3.63, 3.8) is 0 Å². The van der Waals surface area contributed by atoms with Crippen molar-refractivity contribution >= 4 is 40.7 Å². The van der Waals surface area contributed by atoms with E-state index in [9.17, 15) is 19.8 Å². The number of aliphatic hydroxyl groups excluding tert-OH is 2. The second kappa shape index (κ2) is 17.2. The molecular formula is C44H53N11O4. The number of aliphatic hydroxyl groups is 2. The number of piperidine rings is 1. The van der Waals surface area contributed by atoms with Crippen LogP contribution < -0.4 is 26.2 Å². The number of amides is 3. The van der Waals surface area contributed by atoms with Crippen molar-refractivity contribution < 1.29 is 19.8 Å². The molecule has 0 bridgehead atoms. The summed E-state index contributed by atoms with van der Waals surface area (Å²) in [4.78, 5) is 49.6. The van der Waals surface area contributed by atoms with Crippen LogP contribution in [0.1, 0.15) is 68.0 Å². The molecule has 0 radical (unpaired) electrons. The molecule has 15 heteroatoms. The summed E-state index contributed by atoms with van der Waals surface area (Å²) >= 11 is 0. The van der Waals surface area contributed by atoms with E-state index in [-0.39, 0.29) is 35.9 Å². The summed E-state index contributed by atoms with van der Waals surface area (Å²) in [6, 6.07) is 25.4. The van der Waals surface area contributed by atoms with E-state index >= 15 is 0 Å². The van der Waals surface area contributed by atoms with E-state index in [0.717, 1.165) is 68.6 Å². The summed E-state index contributed by atoms with van der Waals surface area (Å²) in [5.41, 5.74) is 3.33. The quantitative estimate of drug-likeness (QED) is 0.106. The van der Waals surface area contributed by atoms with Gasteiger partial charge >= 0.3 is 6.03 Å². The Morgan fingerprint density at radius 1 is 0.780 bits per heavy atom. The minimum absolute atomic E-state index is 0.0110. The molecule has 5 heterocycles. The standard InChI is InChI=1S/C44H53N11O4/c56-38-34(50-42(58)30-14-9-15-30)24-35(39(38)57)55-27-47-37-40(46-25-33(28-10-3-1-4-11-28)29-12-5-2-6-13-29)51-43(52-41(37)55)48-32-19-23-54(26-32)44(59)49-31-17-21-53(22-18-31)36-16-7-8-20-45-36/h1-8,10-13,16,20,27,30-35,38-39,56-57H,9,14-15,17-19,21-26H2,(H,49,59)(H,50,58)(H2,46,48,51,52)/t32-,34+,35-,38-,39+/m1/s1. The van der Waals surface area contributed by atoms with Crippen LogP contribution in [-0.2, 0) is 4.79 Å². The van der Waals surface area contributed by atoms with Crippen molar-refractivity contribution in [2.75, 3.05) is 48.3 Å². The summed E-state index contributed by atoms with van der Waals surface area (Å²) in [6.07, 6.45) is 6.63. The topological polar surface area (TPSA) is 186 Å². The molecule has 59 heavy (non-hydrogen) atoms. The normalized spacial score (nSPS) is 23.7. The molecule has 15 nitrogen and oxygen atoms in total. The van der Waals surface area contributed by atoms with Crippen LogP contribution >= 0.6 is 0 Å².